The van der Waals surface area contributed by atoms with Crippen molar-refractivity contribution >= 4 is 0 Å². The lowest BCUT2D eigenvalue weighted by atomic mass is 10.0. The molecule has 0 bridgehead atoms. The van der Waals surface area contributed by atoms with Gasteiger partial charge in [0.1, 0.15) is 5.82 Å². The predicted octanol–water partition coefficient (Wildman–Crippen LogP) is 3.46. The van der Waals surface area contributed by atoms with Crippen LogP contribution in [0.4, 0.5) is 17.6 Å². The Morgan fingerprint density at radius 3 is 2.53 bits per heavy atom. The van der Waals surface area contributed by atoms with Crippen molar-refractivity contribution in [3.05, 3.63) is 35.1 Å². The van der Waals surface area contributed by atoms with Crippen LogP contribution in [0.25, 0.3) is 0 Å². The fourth-order valence-electron chi connectivity index (χ4n) is 2.16. The van der Waals surface area contributed by atoms with Gasteiger partial charge < -0.3 is 5.11 Å². The summed E-state index contributed by atoms with van der Waals surface area (Å²) in [6.45, 7) is 1.86. The Morgan fingerprint density at radius 1 is 1.41 bits per heavy atom. The zero-order chi connectivity index (χ0) is 12.8. The minimum Gasteiger partial charge on any atom is -0.385 e. The zero-order valence-corrected chi connectivity index (χ0v) is 9.18. The maximum Gasteiger partial charge on any atom is 0.419 e. The summed E-state index contributed by atoms with van der Waals surface area (Å²) in [5, 5.41) is 10.1. The van der Waals surface area contributed by atoms with Crippen molar-refractivity contribution in [3.8, 4) is 0 Å². The summed E-state index contributed by atoms with van der Waals surface area (Å²) < 4.78 is 50.5. The predicted molar refractivity (Wildman–Crippen MR) is 53.7 cm³/mol. The molecule has 2 rings (SSSR count). The lowest BCUT2D eigenvalue weighted by Crippen LogP contribution is -2.13. The molecule has 0 heterocycles. The number of alkyl halides is 3. The third-order valence-electron chi connectivity index (χ3n) is 3.34. The molecule has 1 fully saturated rings. The quantitative estimate of drug-likeness (QED) is 0.794. The number of halogens is 4. The van der Waals surface area contributed by atoms with E-state index in [1.54, 1.807) is 0 Å². The number of rotatable bonds is 2. The van der Waals surface area contributed by atoms with Crippen molar-refractivity contribution in [2.45, 2.75) is 31.5 Å². The van der Waals surface area contributed by atoms with Crippen molar-refractivity contribution in [3.63, 3.8) is 0 Å². The molecule has 0 radical (unpaired) electrons. The molecule has 1 aromatic rings. The second-order valence-electron chi connectivity index (χ2n) is 4.43. The van der Waals surface area contributed by atoms with Gasteiger partial charge in [-0.25, -0.2) is 4.39 Å². The molecule has 5 heteroatoms. The van der Waals surface area contributed by atoms with Crippen LogP contribution in [0.2, 0.25) is 0 Å². The zero-order valence-electron chi connectivity index (χ0n) is 9.18. The van der Waals surface area contributed by atoms with Crippen molar-refractivity contribution in [2.24, 2.45) is 5.92 Å². The van der Waals surface area contributed by atoms with Crippen molar-refractivity contribution in [1.82, 2.24) is 0 Å². The first-order valence-electron chi connectivity index (χ1n) is 5.38. The first-order valence-corrected chi connectivity index (χ1v) is 5.38. The van der Waals surface area contributed by atoms with Gasteiger partial charge in [0, 0.05) is 0 Å². The van der Waals surface area contributed by atoms with Gasteiger partial charge in [0.05, 0.1) is 11.2 Å². The molecule has 1 aromatic carbocycles. The van der Waals surface area contributed by atoms with Gasteiger partial charge in [-0.3, -0.25) is 0 Å². The van der Waals surface area contributed by atoms with Crippen LogP contribution in [-0.4, -0.2) is 5.11 Å². The fraction of sp³-hybridized carbons (Fsp3) is 0.500. The molecule has 0 aromatic heterocycles. The Hall–Kier alpha value is -1.10. The summed E-state index contributed by atoms with van der Waals surface area (Å²) in [5.41, 5.74) is -2.37. The first-order chi connectivity index (χ1) is 7.79. The highest BCUT2D eigenvalue weighted by Gasteiger charge is 2.53. The van der Waals surface area contributed by atoms with E-state index in [0.29, 0.717) is 18.9 Å². The van der Waals surface area contributed by atoms with E-state index in [1.165, 1.54) is 6.07 Å². The topological polar surface area (TPSA) is 20.2 Å². The van der Waals surface area contributed by atoms with Gasteiger partial charge in [-0.05, 0) is 30.0 Å². The highest BCUT2D eigenvalue weighted by molar-refractivity contribution is 5.35. The molecule has 17 heavy (non-hydrogen) atoms. The van der Waals surface area contributed by atoms with Crippen LogP contribution in [-0.2, 0) is 11.8 Å². The SMILES string of the molecule is CCC1CC1(O)c1ccc(F)c(C(F)(F)F)c1. The molecule has 2 unspecified atom stereocenters. The van der Waals surface area contributed by atoms with Crippen molar-refractivity contribution in [2.75, 3.05) is 0 Å². The Morgan fingerprint density at radius 2 is 2.06 bits per heavy atom. The summed E-state index contributed by atoms with van der Waals surface area (Å²) in [4.78, 5) is 0. The van der Waals surface area contributed by atoms with E-state index < -0.39 is 23.2 Å². The molecular formula is C12H12F4O. The summed E-state index contributed by atoms with van der Waals surface area (Å²) in [7, 11) is 0. The molecule has 1 N–H and O–H groups in total. The van der Waals surface area contributed by atoms with Gasteiger partial charge in [-0.2, -0.15) is 13.2 Å². The monoisotopic (exact) mass is 248 g/mol. The molecule has 1 saturated carbocycles. The molecule has 1 aliphatic carbocycles. The number of benzene rings is 1. The van der Waals surface area contributed by atoms with E-state index in [9.17, 15) is 22.7 Å². The molecule has 0 amide bonds. The Balaban J connectivity index is 2.40. The summed E-state index contributed by atoms with van der Waals surface area (Å²) in [6, 6.07) is 2.70. The Kier molecular flexibility index (Phi) is 2.69. The average Bonchev–Trinajstić information content (AvgIpc) is 2.90. The normalized spacial score (nSPS) is 28.2. The number of hydrogen-bond donors (Lipinski definition) is 1. The second-order valence-corrected chi connectivity index (χ2v) is 4.43. The summed E-state index contributed by atoms with van der Waals surface area (Å²) >= 11 is 0. The van der Waals surface area contributed by atoms with Gasteiger partial charge in [0.2, 0.25) is 0 Å². The first kappa shape index (κ1) is 12.4. The second kappa shape index (κ2) is 3.70. The van der Waals surface area contributed by atoms with E-state index in [4.69, 9.17) is 0 Å². The lowest BCUT2D eigenvalue weighted by Gasteiger charge is -2.14. The number of aliphatic hydroxyl groups is 1. The standard InChI is InChI=1S/C12H12F4O/c1-2-7-6-11(7,17)8-3-4-10(13)9(5-8)12(14,15)16/h3-5,7,17H,2,6H2,1H3. The van der Waals surface area contributed by atoms with Crippen LogP contribution >= 0.6 is 0 Å². The fourth-order valence-corrected chi connectivity index (χ4v) is 2.16. The van der Waals surface area contributed by atoms with Crippen LogP contribution in [0.15, 0.2) is 18.2 Å². The molecule has 94 valence electrons. The van der Waals surface area contributed by atoms with E-state index in [0.717, 1.165) is 6.07 Å². The molecular weight excluding hydrogens is 236 g/mol. The van der Waals surface area contributed by atoms with Gasteiger partial charge in [-0.1, -0.05) is 19.4 Å². The average molecular weight is 248 g/mol. The maximum atomic E-state index is 13.1. The van der Waals surface area contributed by atoms with E-state index in [-0.39, 0.29) is 11.5 Å². The van der Waals surface area contributed by atoms with Crippen LogP contribution in [0, 0.1) is 11.7 Å². The minimum absolute atomic E-state index is 0.0333. The molecule has 2 atom stereocenters. The van der Waals surface area contributed by atoms with E-state index in [2.05, 4.69) is 0 Å². The minimum atomic E-state index is -4.73. The Bertz CT molecular complexity index is 441. The number of hydrogen-bond acceptors (Lipinski definition) is 1. The van der Waals surface area contributed by atoms with Gasteiger partial charge in [-0.15, -0.1) is 0 Å². The van der Waals surface area contributed by atoms with Crippen molar-refractivity contribution < 1.29 is 22.7 Å². The highest BCUT2D eigenvalue weighted by atomic mass is 19.4. The third-order valence-corrected chi connectivity index (χ3v) is 3.34. The Labute approximate surface area is 96.1 Å². The van der Waals surface area contributed by atoms with Crippen molar-refractivity contribution in [1.29, 1.82) is 0 Å². The van der Waals surface area contributed by atoms with Gasteiger partial charge in [0.15, 0.2) is 0 Å². The van der Waals surface area contributed by atoms with Crippen LogP contribution in [0.1, 0.15) is 30.9 Å². The molecule has 0 saturated heterocycles. The summed E-state index contributed by atoms with van der Waals surface area (Å²) in [6.07, 6.45) is -3.60. The summed E-state index contributed by atoms with van der Waals surface area (Å²) in [5.74, 6) is -1.34. The van der Waals surface area contributed by atoms with Crippen LogP contribution in [0.5, 0.6) is 0 Å². The molecule has 0 aliphatic heterocycles. The van der Waals surface area contributed by atoms with Crippen LogP contribution < -0.4 is 0 Å². The molecule has 1 nitrogen and oxygen atoms in total. The van der Waals surface area contributed by atoms with Gasteiger partial charge in [0.25, 0.3) is 0 Å². The van der Waals surface area contributed by atoms with Crippen LogP contribution in [0.3, 0.4) is 0 Å². The third kappa shape index (κ3) is 2.04. The lowest BCUT2D eigenvalue weighted by molar-refractivity contribution is -0.140. The van der Waals surface area contributed by atoms with E-state index in [1.807, 2.05) is 6.92 Å². The van der Waals surface area contributed by atoms with Gasteiger partial charge >= 0.3 is 6.18 Å². The largest absolute Gasteiger partial charge is 0.419 e. The highest BCUT2D eigenvalue weighted by Crippen LogP contribution is 2.54. The van der Waals surface area contributed by atoms with E-state index >= 15 is 0 Å². The maximum absolute atomic E-state index is 13.1. The smallest absolute Gasteiger partial charge is 0.385 e. The molecule has 0 spiro atoms. The molecule has 1 aliphatic rings.